The van der Waals surface area contributed by atoms with Crippen molar-refractivity contribution in [2.45, 2.75) is 20.3 Å². The smallest absolute Gasteiger partial charge is 0.112 e. The van der Waals surface area contributed by atoms with Crippen molar-refractivity contribution in [3.05, 3.63) is 29.0 Å². The van der Waals surface area contributed by atoms with Gasteiger partial charge >= 0.3 is 0 Å². The van der Waals surface area contributed by atoms with Gasteiger partial charge in [0.05, 0.1) is 11.2 Å². The van der Waals surface area contributed by atoms with Crippen LogP contribution in [0.2, 0.25) is 0 Å². The lowest BCUT2D eigenvalue weighted by atomic mass is 10.1. The van der Waals surface area contributed by atoms with Gasteiger partial charge in [-0.05, 0) is 34.0 Å². The molecule has 2 aromatic rings. The second-order valence-corrected chi connectivity index (χ2v) is 5.19. The maximum absolute atomic E-state index is 4.41. The van der Waals surface area contributed by atoms with E-state index in [0.717, 1.165) is 27.7 Å². The molecule has 0 saturated carbocycles. The molecule has 17 heavy (non-hydrogen) atoms. The molecule has 0 fully saturated rings. The van der Waals surface area contributed by atoms with Crippen LogP contribution < -0.4 is 5.32 Å². The summed E-state index contributed by atoms with van der Waals surface area (Å²) in [6.07, 6.45) is 4.79. The van der Waals surface area contributed by atoms with Gasteiger partial charge in [0.15, 0.2) is 0 Å². The lowest BCUT2D eigenvalue weighted by Gasteiger charge is -2.12. The van der Waals surface area contributed by atoms with E-state index in [4.69, 9.17) is 0 Å². The molecule has 0 aliphatic heterocycles. The highest BCUT2D eigenvalue weighted by molar-refractivity contribution is 9.10. The van der Waals surface area contributed by atoms with Crippen molar-refractivity contribution >= 4 is 32.7 Å². The van der Waals surface area contributed by atoms with E-state index in [2.05, 4.69) is 45.1 Å². The van der Waals surface area contributed by atoms with Crippen LogP contribution in [-0.4, -0.2) is 16.5 Å². The van der Waals surface area contributed by atoms with Gasteiger partial charge in [-0.3, -0.25) is 9.97 Å². The van der Waals surface area contributed by atoms with Crippen molar-refractivity contribution in [3.63, 3.8) is 0 Å². The third-order valence-electron chi connectivity index (χ3n) is 2.88. The Morgan fingerprint density at radius 1 is 1.41 bits per heavy atom. The molecular weight excluding hydrogens is 278 g/mol. The van der Waals surface area contributed by atoms with Gasteiger partial charge in [-0.15, -0.1) is 0 Å². The normalized spacial score (nSPS) is 12.6. The highest BCUT2D eigenvalue weighted by Crippen LogP contribution is 2.22. The topological polar surface area (TPSA) is 37.8 Å². The number of nitrogens with zero attached hydrogens (tertiary/aromatic N) is 2. The van der Waals surface area contributed by atoms with Crippen LogP contribution in [0.4, 0.5) is 5.69 Å². The van der Waals surface area contributed by atoms with E-state index >= 15 is 0 Å². The Kier molecular flexibility index (Phi) is 3.94. The van der Waals surface area contributed by atoms with E-state index < -0.39 is 0 Å². The number of nitrogens with one attached hydrogen (secondary N) is 1. The highest BCUT2D eigenvalue weighted by Gasteiger charge is 2.05. The predicted molar refractivity (Wildman–Crippen MR) is 75.2 cm³/mol. The Balaban J connectivity index is 2.28. The van der Waals surface area contributed by atoms with Crippen LogP contribution in [0, 0.1) is 5.92 Å². The first-order valence-electron chi connectivity index (χ1n) is 5.85. The van der Waals surface area contributed by atoms with Crippen molar-refractivity contribution in [3.8, 4) is 0 Å². The molecule has 2 rings (SSSR count). The van der Waals surface area contributed by atoms with Gasteiger partial charge in [-0.25, -0.2) is 0 Å². The molecule has 0 radical (unpaired) electrons. The van der Waals surface area contributed by atoms with Crippen molar-refractivity contribution in [1.82, 2.24) is 9.97 Å². The molecule has 4 heteroatoms. The molecule has 90 valence electrons. The van der Waals surface area contributed by atoms with Crippen LogP contribution in [-0.2, 0) is 0 Å². The first-order valence-corrected chi connectivity index (χ1v) is 6.64. The Morgan fingerprint density at radius 2 is 2.24 bits per heavy atom. The minimum Gasteiger partial charge on any atom is -0.383 e. The number of hydrogen-bond acceptors (Lipinski definition) is 3. The van der Waals surface area contributed by atoms with Crippen LogP contribution in [0.3, 0.4) is 0 Å². The van der Waals surface area contributed by atoms with Gasteiger partial charge in [0, 0.05) is 23.4 Å². The number of anilines is 1. The minimum atomic E-state index is 0.661. The van der Waals surface area contributed by atoms with E-state index in [-0.39, 0.29) is 0 Å². The fourth-order valence-corrected chi connectivity index (χ4v) is 1.90. The standard InChI is InChI=1S/C13H16BrN3/c1-3-9(2)7-16-11-4-5-15-12-6-10(14)8-17-13(11)12/h4-6,8-9H,3,7H2,1-2H3,(H,15,16). The summed E-state index contributed by atoms with van der Waals surface area (Å²) < 4.78 is 0.955. The quantitative estimate of drug-likeness (QED) is 0.930. The molecular formula is C13H16BrN3. The van der Waals surface area contributed by atoms with Gasteiger partial charge in [0.1, 0.15) is 5.52 Å². The summed E-state index contributed by atoms with van der Waals surface area (Å²) in [5.74, 6) is 0.661. The lowest BCUT2D eigenvalue weighted by molar-refractivity contribution is 0.594. The molecule has 0 spiro atoms. The molecule has 0 aromatic carbocycles. The van der Waals surface area contributed by atoms with Crippen molar-refractivity contribution in [2.75, 3.05) is 11.9 Å². The molecule has 2 heterocycles. The third kappa shape index (κ3) is 2.94. The predicted octanol–water partition coefficient (Wildman–Crippen LogP) is 3.85. The largest absolute Gasteiger partial charge is 0.383 e. The number of fused-ring (bicyclic) bond motifs is 1. The van der Waals surface area contributed by atoms with E-state index in [9.17, 15) is 0 Å². The van der Waals surface area contributed by atoms with Gasteiger partial charge in [-0.2, -0.15) is 0 Å². The number of halogens is 1. The lowest BCUT2D eigenvalue weighted by Crippen LogP contribution is -2.10. The zero-order chi connectivity index (χ0) is 12.3. The van der Waals surface area contributed by atoms with E-state index in [1.165, 1.54) is 6.42 Å². The third-order valence-corrected chi connectivity index (χ3v) is 3.32. The fourth-order valence-electron chi connectivity index (χ4n) is 1.58. The first-order chi connectivity index (χ1) is 8.20. The summed E-state index contributed by atoms with van der Waals surface area (Å²) in [5.41, 5.74) is 2.90. The van der Waals surface area contributed by atoms with Crippen LogP contribution in [0.15, 0.2) is 29.0 Å². The highest BCUT2D eigenvalue weighted by atomic mass is 79.9. The average Bonchev–Trinajstić information content (AvgIpc) is 2.35. The maximum atomic E-state index is 4.41. The monoisotopic (exact) mass is 293 g/mol. The number of rotatable bonds is 4. The fraction of sp³-hybridized carbons (Fsp3) is 0.385. The molecule has 0 aliphatic carbocycles. The molecule has 0 bridgehead atoms. The molecule has 0 saturated heterocycles. The molecule has 1 N–H and O–H groups in total. The summed E-state index contributed by atoms with van der Waals surface area (Å²) in [6, 6.07) is 3.96. The van der Waals surface area contributed by atoms with Gasteiger partial charge < -0.3 is 5.32 Å². The van der Waals surface area contributed by atoms with Gasteiger partial charge in [0.2, 0.25) is 0 Å². The Hall–Kier alpha value is -1.16. The molecule has 1 atom stereocenters. The van der Waals surface area contributed by atoms with Crippen molar-refractivity contribution in [2.24, 2.45) is 5.92 Å². The summed E-state index contributed by atoms with van der Waals surface area (Å²) in [5, 5.41) is 3.44. The molecule has 2 aromatic heterocycles. The first kappa shape index (κ1) is 12.3. The average molecular weight is 294 g/mol. The Bertz CT molecular complexity index is 513. The van der Waals surface area contributed by atoms with Gasteiger partial charge in [0.25, 0.3) is 0 Å². The van der Waals surface area contributed by atoms with Crippen LogP contribution in [0.25, 0.3) is 11.0 Å². The van der Waals surface area contributed by atoms with E-state index in [0.29, 0.717) is 5.92 Å². The molecule has 3 nitrogen and oxygen atoms in total. The summed E-state index contributed by atoms with van der Waals surface area (Å²) in [4.78, 5) is 8.73. The number of aromatic nitrogens is 2. The molecule has 1 unspecified atom stereocenters. The van der Waals surface area contributed by atoms with Crippen LogP contribution >= 0.6 is 15.9 Å². The second kappa shape index (κ2) is 5.45. The summed E-state index contributed by atoms with van der Waals surface area (Å²) >= 11 is 3.41. The molecule has 0 amide bonds. The summed E-state index contributed by atoms with van der Waals surface area (Å²) in [6.45, 7) is 5.40. The zero-order valence-electron chi connectivity index (χ0n) is 10.1. The maximum Gasteiger partial charge on any atom is 0.112 e. The Morgan fingerprint density at radius 3 is 3.00 bits per heavy atom. The number of hydrogen-bond donors (Lipinski definition) is 1. The van der Waals surface area contributed by atoms with Crippen molar-refractivity contribution in [1.29, 1.82) is 0 Å². The van der Waals surface area contributed by atoms with E-state index in [1.807, 2.05) is 18.3 Å². The SMILES string of the molecule is CCC(C)CNc1ccnc2cc(Br)cnc12. The van der Waals surface area contributed by atoms with Crippen LogP contribution in [0.1, 0.15) is 20.3 Å². The Labute approximate surface area is 110 Å². The van der Waals surface area contributed by atoms with Gasteiger partial charge in [-0.1, -0.05) is 20.3 Å². The van der Waals surface area contributed by atoms with E-state index in [1.54, 1.807) is 6.20 Å². The van der Waals surface area contributed by atoms with Crippen LogP contribution in [0.5, 0.6) is 0 Å². The zero-order valence-corrected chi connectivity index (χ0v) is 11.7. The van der Waals surface area contributed by atoms with Crippen molar-refractivity contribution < 1.29 is 0 Å². The molecule has 0 aliphatic rings. The summed E-state index contributed by atoms with van der Waals surface area (Å²) in [7, 11) is 0. The second-order valence-electron chi connectivity index (χ2n) is 4.27. The number of pyridine rings is 2. The minimum absolute atomic E-state index is 0.661.